The molecule has 0 bridgehead atoms. The third-order valence-corrected chi connectivity index (χ3v) is 12.4. The molecule has 0 amide bonds. The van der Waals surface area contributed by atoms with Crippen molar-refractivity contribution in [3.05, 3.63) is 243 Å². The van der Waals surface area contributed by atoms with E-state index in [9.17, 15) is 10.2 Å². The van der Waals surface area contributed by atoms with Gasteiger partial charge in [-0.3, -0.25) is 0 Å². The zero-order valence-corrected chi connectivity index (χ0v) is 36.7. The lowest BCUT2D eigenvalue weighted by Gasteiger charge is -2.50. The van der Waals surface area contributed by atoms with Gasteiger partial charge in [-0.1, -0.05) is 170 Å². The first-order valence-corrected chi connectivity index (χ1v) is 22.5. The molecule has 0 saturated carbocycles. The molecular formula is C57H56O8. The van der Waals surface area contributed by atoms with Gasteiger partial charge in [0.2, 0.25) is 5.79 Å². The molecule has 7 aromatic rings. The minimum atomic E-state index is -2.24. The van der Waals surface area contributed by atoms with Crippen molar-refractivity contribution < 1.29 is 38.6 Å². The van der Waals surface area contributed by atoms with Crippen LogP contribution in [0.2, 0.25) is 0 Å². The predicted octanol–water partition coefficient (Wildman–Crippen LogP) is 10.3. The third-order valence-electron chi connectivity index (χ3n) is 12.4. The molecule has 65 heavy (non-hydrogen) atoms. The Kier molecular flexibility index (Phi) is 14.2. The van der Waals surface area contributed by atoms with Gasteiger partial charge in [-0.25, -0.2) is 0 Å². The Balaban J connectivity index is 1.18. The SMILES string of the molecule is Cc1cc(OCc2ccccc2)c(C2(O)O[C@H](COCc3ccccc3)[C@@H](OCc3ccccc3)[C@H](OCc3ccccc3)[C@H]2OCc2ccccc2)cc1C(O)c1ccc2c(c1)CC2. The third kappa shape index (κ3) is 10.6. The van der Waals surface area contributed by atoms with E-state index in [1.807, 2.05) is 177 Å². The molecule has 332 valence electrons. The van der Waals surface area contributed by atoms with E-state index in [1.54, 1.807) is 0 Å². The van der Waals surface area contributed by atoms with Crippen LogP contribution in [-0.4, -0.2) is 41.2 Å². The van der Waals surface area contributed by atoms with Gasteiger partial charge in [0.05, 0.1) is 38.6 Å². The molecule has 0 radical (unpaired) electrons. The van der Waals surface area contributed by atoms with Crippen molar-refractivity contribution in [3.8, 4) is 5.75 Å². The Morgan fingerprint density at radius 2 is 1.05 bits per heavy atom. The molecule has 1 heterocycles. The Hall–Kier alpha value is -5.94. The van der Waals surface area contributed by atoms with Crippen LogP contribution in [0.5, 0.6) is 5.75 Å². The highest BCUT2D eigenvalue weighted by atomic mass is 16.7. The molecular weight excluding hydrogens is 813 g/mol. The quantitative estimate of drug-likeness (QED) is 0.0830. The van der Waals surface area contributed by atoms with Crippen LogP contribution in [0.3, 0.4) is 0 Å². The van der Waals surface area contributed by atoms with Crippen molar-refractivity contribution in [1.82, 2.24) is 0 Å². The molecule has 2 unspecified atom stereocenters. The zero-order chi connectivity index (χ0) is 44.4. The Morgan fingerprint density at radius 1 is 0.554 bits per heavy atom. The van der Waals surface area contributed by atoms with Gasteiger partial charge in [0.15, 0.2) is 0 Å². The second-order valence-electron chi connectivity index (χ2n) is 17.0. The molecule has 6 atom stereocenters. The number of fused-ring (bicyclic) bond motifs is 1. The summed E-state index contributed by atoms with van der Waals surface area (Å²) in [5.74, 6) is -1.86. The molecule has 1 aliphatic carbocycles. The molecule has 1 fully saturated rings. The maximum Gasteiger partial charge on any atom is 0.226 e. The van der Waals surface area contributed by atoms with Crippen molar-refractivity contribution in [1.29, 1.82) is 0 Å². The molecule has 0 spiro atoms. The molecule has 1 aliphatic heterocycles. The number of hydrogen-bond donors (Lipinski definition) is 2. The smallest absolute Gasteiger partial charge is 0.226 e. The van der Waals surface area contributed by atoms with Gasteiger partial charge in [0.1, 0.15) is 42.9 Å². The second-order valence-corrected chi connectivity index (χ2v) is 17.0. The molecule has 2 N–H and O–H groups in total. The summed E-state index contributed by atoms with van der Waals surface area (Å²) in [6.07, 6.45) is -2.77. The van der Waals surface area contributed by atoms with Crippen molar-refractivity contribution in [2.75, 3.05) is 6.61 Å². The number of aryl methyl sites for hydroxylation is 3. The van der Waals surface area contributed by atoms with Crippen LogP contribution < -0.4 is 4.74 Å². The highest BCUT2D eigenvalue weighted by Crippen LogP contribution is 2.47. The first-order valence-electron chi connectivity index (χ1n) is 22.5. The first-order chi connectivity index (χ1) is 31.9. The molecule has 8 nitrogen and oxygen atoms in total. The van der Waals surface area contributed by atoms with Crippen LogP contribution in [0.15, 0.2) is 182 Å². The molecule has 8 heteroatoms. The number of aliphatic hydroxyl groups excluding tert-OH is 1. The van der Waals surface area contributed by atoms with Crippen LogP contribution in [0.4, 0.5) is 0 Å². The minimum Gasteiger partial charge on any atom is -0.488 e. The van der Waals surface area contributed by atoms with Gasteiger partial charge < -0.3 is 38.6 Å². The zero-order valence-electron chi connectivity index (χ0n) is 36.7. The van der Waals surface area contributed by atoms with Crippen molar-refractivity contribution >= 4 is 0 Å². The summed E-state index contributed by atoms with van der Waals surface area (Å²) in [6, 6.07) is 59.4. The average Bonchev–Trinajstić information content (AvgIpc) is 3.34. The fourth-order valence-electron chi connectivity index (χ4n) is 8.76. The summed E-state index contributed by atoms with van der Waals surface area (Å²) in [7, 11) is 0. The molecule has 9 rings (SSSR count). The van der Waals surface area contributed by atoms with E-state index in [4.69, 9.17) is 28.4 Å². The largest absolute Gasteiger partial charge is 0.488 e. The van der Waals surface area contributed by atoms with E-state index in [1.165, 1.54) is 11.1 Å². The van der Waals surface area contributed by atoms with E-state index >= 15 is 0 Å². The fraction of sp³-hybridized carbons (Fsp3) is 0.263. The number of hydrogen-bond acceptors (Lipinski definition) is 8. The lowest BCUT2D eigenvalue weighted by atomic mass is 9.83. The van der Waals surface area contributed by atoms with Gasteiger partial charge in [-0.2, -0.15) is 0 Å². The van der Waals surface area contributed by atoms with Gasteiger partial charge in [0.25, 0.3) is 0 Å². The van der Waals surface area contributed by atoms with E-state index < -0.39 is 36.3 Å². The van der Waals surface area contributed by atoms with Gasteiger partial charge in [0, 0.05) is 0 Å². The summed E-state index contributed by atoms with van der Waals surface area (Å²) in [5.41, 5.74) is 9.73. The van der Waals surface area contributed by atoms with E-state index in [0.29, 0.717) is 17.9 Å². The lowest BCUT2D eigenvalue weighted by Crippen LogP contribution is -2.65. The van der Waals surface area contributed by atoms with Crippen LogP contribution >= 0.6 is 0 Å². The molecule has 2 aliphatic rings. The topological polar surface area (TPSA) is 95.8 Å². The predicted molar refractivity (Wildman–Crippen MR) is 250 cm³/mol. The lowest BCUT2D eigenvalue weighted by molar-refractivity contribution is -0.379. The Labute approximate surface area is 382 Å². The van der Waals surface area contributed by atoms with Crippen LogP contribution in [0, 0.1) is 6.92 Å². The normalized spacial score (nSPS) is 20.7. The number of benzene rings is 7. The van der Waals surface area contributed by atoms with E-state index in [2.05, 4.69) is 12.1 Å². The summed E-state index contributed by atoms with van der Waals surface area (Å²) in [5, 5.41) is 26.1. The molecule has 1 saturated heterocycles. The molecule has 0 aromatic heterocycles. The Bertz CT molecular complexity index is 2570. The summed E-state index contributed by atoms with van der Waals surface area (Å²) in [4.78, 5) is 0. The second kappa shape index (κ2) is 20.9. The van der Waals surface area contributed by atoms with Crippen molar-refractivity contribution in [3.63, 3.8) is 0 Å². The van der Waals surface area contributed by atoms with E-state index in [0.717, 1.165) is 51.8 Å². The highest BCUT2D eigenvalue weighted by Gasteiger charge is 2.58. The maximum absolute atomic E-state index is 13.9. The van der Waals surface area contributed by atoms with E-state index in [-0.39, 0.29) is 38.6 Å². The summed E-state index contributed by atoms with van der Waals surface area (Å²) >= 11 is 0. The first kappa shape index (κ1) is 44.3. The number of aliphatic hydroxyl groups is 2. The maximum atomic E-state index is 13.9. The molecule has 7 aromatic carbocycles. The van der Waals surface area contributed by atoms with Gasteiger partial charge in [-0.15, -0.1) is 0 Å². The van der Waals surface area contributed by atoms with Crippen molar-refractivity contribution in [2.45, 2.75) is 89.1 Å². The fourth-order valence-corrected chi connectivity index (χ4v) is 8.76. The standard InChI is InChI=1S/C57H56O8/c1-40-31-51(61-35-42-19-9-3-10-20-42)50(33-49(40)53(58)48-30-28-46-27-29-47(46)32-48)57(59)56(64-38-45-25-15-6-16-26-45)55(63-37-44-23-13-5-14-24-44)54(62-36-43-21-11-4-12-22-43)52(65-57)39-60-34-41-17-7-2-8-18-41/h2-26,28,30-33,52-56,58-59H,27,29,34-39H2,1H3/t52-,53?,54-,55+,56-,57?/m1/s1. The van der Waals surface area contributed by atoms with Crippen LogP contribution in [0.1, 0.15) is 67.3 Å². The minimum absolute atomic E-state index is 0.0456. The van der Waals surface area contributed by atoms with Gasteiger partial charge >= 0.3 is 0 Å². The van der Waals surface area contributed by atoms with Gasteiger partial charge in [-0.05, 0) is 87.5 Å². The Morgan fingerprint density at radius 3 is 1.57 bits per heavy atom. The summed E-state index contributed by atoms with van der Waals surface area (Å²) in [6.45, 7) is 3.08. The number of rotatable bonds is 19. The van der Waals surface area contributed by atoms with Crippen LogP contribution in [0.25, 0.3) is 0 Å². The monoisotopic (exact) mass is 868 g/mol. The average molecular weight is 869 g/mol. The van der Waals surface area contributed by atoms with Crippen LogP contribution in [-0.2, 0) is 75.3 Å². The summed E-state index contributed by atoms with van der Waals surface area (Å²) < 4.78 is 41.2. The van der Waals surface area contributed by atoms with Crippen molar-refractivity contribution in [2.24, 2.45) is 0 Å². The number of ether oxygens (including phenoxy) is 6. The highest BCUT2D eigenvalue weighted by molar-refractivity contribution is 5.50.